The summed E-state index contributed by atoms with van der Waals surface area (Å²) in [7, 11) is 0. The van der Waals surface area contributed by atoms with Gasteiger partial charge in [-0.1, -0.05) is 15.9 Å². The second-order valence-electron chi connectivity index (χ2n) is 5.80. The number of pyridine rings is 1. The van der Waals surface area contributed by atoms with Crippen LogP contribution in [0.25, 0.3) is 0 Å². The van der Waals surface area contributed by atoms with E-state index in [1.54, 1.807) is 23.0 Å². The number of nitriles is 1. The quantitative estimate of drug-likeness (QED) is 0.370. The van der Waals surface area contributed by atoms with Gasteiger partial charge in [-0.25, -0.2) is 10.8 Å². The second-order valence-corrected chi connectivity index (χ2v) is 6.71. The number of nitrogens with zero attached hydrogens (tertiary/aromatic N) is 4. The lowest BCUT2D eigenvalue weighted by Crippen LogP contribution is -2.13. The summed E-state index contributed by atoms with van der Waals surface area (Å²) < 4.78 is 2.67. The molecule has 7 N–H and O–H groups in total. The van der Waals surface area contributed by atoms with E-state index in [0.717, 1.165) is 21.2 Å². The first-order chi connectivity index (χ1) is 12.5. The molecule has 2 heterocycles. The Kier molecular flexibility index (Phi) is 5.06. The first-order valence-electron chi connectivity index (χ1n) is 7.71. The molecule has 0 radical (unpaired) electrons. The number of rotatable bonds is 5. The van der Waals surface area contributed by atoms with Gasteiger partial charge in [-0.05, 0) is 41.0 Å². The van der Waals surface area contributed by atoms with E-state index in [-0.39, 0.29) is 0 Å². The molecule has 0 saturated carbocycles. The van der Waals surface area contributed by atoms with E-state index in [1.165, 1.54) is 0 Å². The van der Waals surface area contributed by atoms with E-state index in [1.807, 2.05) is 18.3 Å². The Morgan fingerprint density at radius 3 is 2.73 bits per heavy atom. The van der Waals surface area contributed by atoms with Crippen LogP contribution in [-0.2, 0) is 13.0 Å². The molecular formula is C17H17BrN8. The van der Waals surface area contributed by atoms with Gasteiger partial charge in [0.1, 0.15) is 5.82 Å². The van der Waals surface area contributed by atoms with Crippen LogP contribution in [0.15, 0.2) is 41.1 Å². The van der Waals surface area contributed by atoms with Crippen LogP contribution in [0.5, 0.6) is 0 Å². The van der Waals surface area contributed by atoms with Crippen molar-refractivity contribution in [2.45, 2.75) is 13.0 Å². The summed E-state index contributed by atoms with van der Waals surface area (Å²) in [5, 5.41) is 13.5. The molecule has 132 valence electrons. The first-order valence-corrected chi connectivity index (χ1v) is 8.50. The number of nitrogen functional groups attached to an aromatic ring is 3. The molecule has 0 atom stereocenters. The van der Waals surface area contributed by atoms with E-state index in [9.17, 15) is 0 Å². The van der Waals surface area contributed by atoms with E-state index in [4.69, 9.17) is 22.6 Å². The SMILES string of the molecule is N#Cc1cc(Br)cc(Cn2cc(Cc3cc(N)nc(NN)c3N)cn2)c1. The van der Waals surface area contributed by atoms with Crippen molar-refractivity contribution in [3.63, 3.8) is 0 Å². The maximum Gasteiger partial charge on any atom is 0.165 e. The fraction of sp³-hybridized carbons (Fsp3) is 0.118. The van der Waals surface area contributed by atoms with Gasteiger partial charge >= 0.3 is 0 Å². The van der Waals surface area contributed by atoms with Crippen molar-refractivity contribution < 1.29 is 0 Å². The number of nitrogens with one attached hydrogen (secondary N) is 1. The van der Waals surface area contributed by atoms with Crippen LogP contribution < -0.4 is 22.7 Å². The summed E-state index contributed by atoms with van der Waals surface area (Å²) in [6.07, 6.45) is 4.25. The molecule has 3 aromatic rings. The predicted octanol–water partition coefficient (Wildman–Crippen LogP) is 2.00. The Balaban J connectivity index is 1.80. The average Bonchev–Trinajstić information content (AvgIpc) is 3.04. The zero-order chi connectivity index (χ0) is 18.7. The molecule has 0 aliphatic heterocycles. The van der Waals surface area contributed by atoms with E-state index in [0.29, 0.717) is 35.9 Å². The summed E-state index contributed by atoms with van der Waals surface area (Å²) in [5.74, 6) is 6.11. The Morgan fingerprint density at radius 2 is 2.00 bits per heavy atom. The van der Waals surface area contributed by atoms with Gasteiger partial charge in [0, 0.05) is 17.1 Å². The Bertz CT molecular complexity index is 989. The lowest BCUT2D eigenvalue weighted by atomic mass is 10.1. The fourth-order valence-corrected chi connectivity index (χ4v) is 3.22. The van der Waals surface area contributed by atoms with Gasteiger partial charge in [-0.15, -0.1) is 0 Å². The molecule has 0 unspecified atom stereocenters. The Labute approximate surface area is 158 Å². The third-order valence-corrected chi connectivity index (χ3v) is 4.27. The summed E-state index contributed by atoms with van der Waals surface area (Å²) in [4.78, 5) is 4.04. The van der Waals surface area contributed by atoms with Gasteiger partial charge in [0.25, 0.3) is 0 Å². The molecule has 0 fully saturated rings. The molecule has 0 spiro atoms. The minimum atomic E-state index is 0.340. The zero-order valence-corrected chi connectivity index (χ0v) is 15.4. The minimum Gasteiger partial charge on any atom is -0.395 e. The van der Waals surface area contributed by atoms with Crippen LogP contribution in [0, 0.1) is 11.3 Å². The van der Waals surface area contributed by atoms with Crippen molar-refractivity contribution in [3.05, 3.63) is 63.4 Å². The van der Waals surface area contributed by atoms with Crippen LogP contribution in [-0.4, -0.2) is 14.8 Å². The number of anilines is 3. The van der Waals surface area contributed by atoms with Crippen molar-refractivity contribution in [2.24, 2.45) is 5.84 Å². The van der Waals surface area contributed by atoms with Crippen LogP contribution >= 0.6 is 15.9 Å². The van der Waals surface area contributed by atoms with Gasteiger partial charge in [-0.2, -0.15) is 10.4 Å². The summed E-state index contributed by atoms with van der Waals surface area (Å²) in [6, 6.07) is 9.45. The monoisotopic (exact) mass is 412 g/mol. The van der Waals surface area contributed by atoms with E-state index in [2.05, 4.69) is 37.5 Å². The number of halogens is 1. The highest BCUT2D eigenvalue weighted by atomic mass is 79.9. The van der Waals surface area contributed by atoms with Crippen molar-refractivity contribution >= 4 is 33.3 Å². The number of nitrogens with two attached hydrogens (primary N) is 3. The topological polar surface area (TPSA) is 145 Å². The third-order valence-electron chi connectivity index (χ3n) is 3.81. The molecular weight excluding hydrogens is 396 g/mol. The van der Waals surface area contributed by atoms with Crippen LogP contribution in [0.3, 0.4) is 0 Å². The zero-order valence-electron chi connectivity index (χ0n) is 13.8. The smallest absolute Gasteiger partial charge is 0.165 e. The van der Waals surface area contributed by atoms with Gasteiger partial charge in [0.15, 0.2) is 5.82 Å². The largest absolute Gasteiger partial charge is 0.395 e. The summed E-state index contributed by atoms with van der Waals surface area (Å²) in [6.45, 7) is 0.553. The van der Waals surface area contributed by atoms with Crippen LogP contribution in [0.1, 0.15) is 22.3 Å². The summed E-state index contributed by atoms with van der Waals surface area (Å²) in [5.41, 5.74) is 18.1. The lowest BCUT2D eigenvalue weighted by Gasteiger charge is -2.10. The molecule has 8 nitrogen and oxygen atoms in total. The molecule has 26 heavy (non-hydrogen) atoms. The van der Waals surface area contributed by atoms with Crippen molar-refractivity contribution in [1.29, 1.82) is 5.26 Å². The predicted molar refractivity (Wildman–Crippen MR) is 104 cm³/mol. The van der Waals surface area contributed by atoms with Crippen molar-refractivity contribution in [2.75, 3.05) is 16.9 Å². The van der Waals surface area contributed by atoms with Gasteiger partial charge < -0.3 is 16.9 Å². The Hall–Kier alpha value is -3.09. The Morgan fingerprint density at radius 1 is 1.19 bits per heavy atom. The number of aromatic nitrogens is 3. The second kappa shape index (κ2) is 7.43. The van der Waals surface area contributed by atoms with Crippen LogP contribution in [0.2, 0.25) is 0 Å². The highest BCUT2D eigenvalue weighted by Gasteiger charge is 2.10. The number of hydrogen-bond acceptors (Lipinski definition) is 7. The van der Waals surface area contributed by atoms with Gasteiger partial charge in [0.2, 0.25) is 0 Å². The van der Waals surface area contributed by atoms with E-state index >= 15 is 0 Å². The van der Waals surface area contributed by atoms with Crippen LogP contribution in [0.4, 0.5) is 17.3 Å². The van der Waals surface area contributed by atoms with E-state index < -0.39 is 0 Å². The summed E-state index contributed by atoms with van der Waals surface area (Å²) >= 11 is 3.42. The van der Waals surface area contributed by atoms with Gasteiger partial charge in [0.05, 0.1) is 30.1 Å². The molecule has 0 amide bonds. The normalized spacial score (nSPS) is 10.5. The minimum absolute atomic E-state index is 0.340. The molecule has 2 aromatic heterocycles. The lowest BCUT2D eigenvalue weighted by molar-refractivity contribution is 0.686. The molecule has 0 bridgehead atoms. The maximum absolute atomic E-state index is 9.08. The molecule has 0 aliphatic rings. The molecule has 3 rings (SSSR count). The molecule has 1 aromatic carbocycles. The molecule has 0 saturated heterocycles. The molecule has 9 heteroatoms. The highest BCUT2D eigenvalue weighted by molar-refractivity contribution is 9.10. The highest BCUT2D eigenvalue weighted by Crippen LogP contribution is 2.25. The van der Waals surface area contributed by atoms with Gasteiger partial charge in [-0.3, -0.25) is 4.68 Å². The average molecular weight is 413 g/mol. The number of benzene rings is 1. The molecule has 0 aliphatic carbocycles. The maximum atomic E-state index is 9.08. The fourth-order valence-electron chi connectivity index (χ4n) is 2.68. The van der Waals surface area contributed by atoms with Crippen molar-refractivity contribution in [3.8, 4) is 6.07 Å². The first kappa shape index (κ1) is 17.7. The number of hydrazine groups is 1. The standard InChI is InChI=1S/C17H17BrN8/c18-14-3-10(6-19)1-11(4-14)8-26-9-12(7-23-26)2-13-5-15(20)24-17(25-22)16(13)21/h1,3-5,7,9H,2,8,21-22H2,(H3,20,24,25). The number of hydrogen-bond donors (Lipinski definition) is 4. The van der Waals surface area contributed by atoms with Crippen molar-refractivity contribution in [1.82, 2.24) is 14.8 Å². The third kappa shape index (κ3) is 3.93.